The van der Waals surface area contributed by atoms with Crippen LogP contribution in [0, 0.1) is 0 Å². The van der Waals surface area contributed by atoms with Gasteiger partial charge in [0.05, 0.1) is 22.4 Å². The van der Waals surface area contributed by atoms with E-state index < -0.39 is 23.8 Å². The molecule has 1 unspecified atom stereocenters. The summed E-state index contributed by atoms with van der Waals surface area (Å²) in [5.41, 5.74) is 1.32. The molecule has 0 fully saturated rings. The molecule has 1 aliphatic rings. The predicted octanol–water partition coefficient (Wildman–Crippen LogP) is 3.18. The quantitative estimate of drug-likeness (QED) is 0.714. The molecule has 0 saturated heterocycles. The molecule has 2 aromatic rings. The predicted molar refractivity (Wildman–Crippen MR) is 113 cm³/mol. The Morgan fingerprint density at radius 3 is 1.97 bits per heavy atom. The summed E-state index contributed by atoms with van der Waals surface area (Å²) in [7, 11) is 0. The molecule has 0 bridgehead atoms. The average Bonchev–Trinajstić information content (AvgIpc) is 3.01. The van der Waals surface area contributed by atoms with Gasteiger partial charge in [0.1, 0.15) is 6.04 Å². The summed E-state index contributed by atoms with van der Waals surface area (Å²) in [5.74, 6) is -1.66. The van der Waals surface area contributed by atoms with Crippen LogP contribution >= 0.6 is 0 Å². The number of nitrogens with zero attached hydrogens (tertiary/aromatic N) is 2. The molecule has 156 valence electrons. The van der Waals surface area contributed by atoms with E-state index in [0.29, 0.717) is 35.5 Å². The Hall–Kier alpha value is -3.48. The first kappa shape index (κ1) is 21.2. The van der Waals surface area contributed by atoms with Crippen LogP contribution in [0.2, 0.25) is 0 Å². The molecule has 0 saturated carbocycles. The van der Waals surface area contributed by atoms with Gasteiger partial charge in [0.25, 0.3) is 17.7 Å². The van der Waals surface area contributed by atoms with Gasteiger partial charge in [-0.05, 0) is 44.5 Å². The first-order chi connectivity index (χ1) is 14.4. The molecule has 1 N–H and O–H groups in total. The SMILES string of the molecule is CCC(C(=O)Nc1ccccc1C(=O)N(CC)CC)N1C(=O)c2ccccc2C1=O. The standard InChI is InChI=1S/C23H25N3O4/c1-4-19(26-22(29)15-11-7-8-12-16(15)23(26)30)20(27)24-18-14-10-9-13-17(18)21(28)25(5-2)6-3/h7-14,19H,4-6H2,1-3H3,(H,24,27). The number of fused-ring (bicyclic) bond motifs is 1. The second-order valence-corrected chi connectivity index (χ2v) is 6.96. The number of anilines is 1. The van der Waals surface area contributed by atoms with Crippen LogP contribution in [0.15, 0.2) is 48.5 Å². The van der Waals surface area contributed by atoms with Crippen LogP contribution in [0.5, 0.6) is 0 Å². The molecule has 4 amide bonds. The monoisotopic (exact) mass is 407 g/mol. The van der Waals surface area contributed by atoms with Gasteiger partial charge in [0.15, 0.2) is 0 Å². The van der Waals surface area contributed by atoms with Crippen molar-refractivity contribution in [3.8, 4) is 0 Å². The van der Waals surface area contributed by atoms with Crippen molar-refractivity contribution in [2.24, 2.45) is 0 Å². The Labute approximate surface area is 175 Å². The Balaban J connectivity index is 1.87. The van der Waals surface area contributed by atoms with Crippen molar-refractivity contribution in [3.63, 3.8) is 0 Å². The van der Waals surface area contributed by atoms with Crippen LogP contribution in [-0.2, 0) is 4.79 Å². The van der Waals surface area contributed by atoms with Gasteiger partial charge in [-0.3, -0.25) is 24.1 Å². The highest BCUT2D eigenvalue weighted by molar-refractivity contribution is 6.23. The van der Waals surface area contributed by atoms with E-state index in [0.717, 1.165) is 4.90 Å². The highest BCUT2D eigenvalue weighted by atomic mass is 16.2. The molecule has 1 atom stereocenters. The van der Waals surface area contributed by atoms with Crippen molar-refractivity contribution in [2.75, 3.05) is 18.4 Å². The number of carbonyl (C=O) groups excluding carboxylic acids is 4. The summed E-state index contributed by atoms with van der Waals surface area (Å²) >= 11 is 0. The fraction of sp³-hybridized carbons (Fsp3) is 0.304. The van der Waals surface area contributed by atoms with E-state index in [-0.39, 0.29) is 12.3 Å². The number of nitrogens with one attached hydrogen (secondary N) is 1. The molecule has 1 aliphatic heterocycles. The van der Waals surface area contributed by atoms with Crippen molar-refractivity contribution in [1.29, 1.82) is 0 Å². The number of hydrogen-bond acceptors (Lipinski definition) is 4. The molecule has 2 aromatic carbocycles. The number of benzene rings is 2. The largest absolute Gasteiger partial charge is 0.339 e. The van der Waals surface area contributed by atoms with E-state index in [1.54, 1.807) is 60.4 Å². The zero-order valence-electron chi connectivity index (χ0n) is 17.3. The number of carbonyl (C=O) groups is 4. The molecule has 0 spiro atoms. The molecule has 7 heteroatoms. The molecule has 3 rings (SSSR count). The van der Waals surface area contributed by atoms with Crippen molar-refractivity contribution >= 4 is 29.3 Å². The van der Waals surface area contributed by atoms with Gasteiger partial charge in [-0.1, -0.05) is 31.2 Å². The minimum Gasteiger partial charge on any atom is -0.339 e. The zero-order chi connectivity index (χ0) is 21.8. The van der Waals surface area contributed by atoms with Crippen LogP contribution in [0.3, 0.4) is 0 Å². The molecule has 7 nitrogen and oxygen atoms in total. The highest BCUT2D eigenvalue weighted by Gasteiger charge is 2.42. The summed E-state index contributed by atoms with van der Waals surface area (Å²) in [6.07, 6.45) is 0.253. The summed E-state index contributed by atoms with van der Waals surface area (Å²) < 4.78 is 0. The van der Waals surface area contributed by atoms with Gasteiger partial charge in [0.2, 0.25) is 5.91 Å². The summed E-state index contributed by atoms with van der Waals surface area (Å²) in [5, 5.41) is 2.76. The van der Waals surface area contributed by atoms with Crippen LogP contribution in [0.1, 0.15) is 58.3 Å². The molecular formula is C23H25N3O4. The van der Waals surface area contributed by atoms with E-state index in [1.165, 1.54) is 0 Å². The van der Waals surface area contributed by atoms with Crippen LogP contribution in [-0.4, -0.2) is 52.6 Å². The Morgan fingerprint density at radius 1 is 0.900 bits per heavy atom. The number of hydrogen-bond donors (Lipinski definition) is 1. The maximum Gasteiger partial charge on any atom is 0.262 e. The van der Waals surface area contributed by atoms with Crippen molar-refractivity contribution in [3.05, 3.63) is 65.2 Å². The lowest BCUT2D eigenvalue weighted by Gasteiger charge is -2.25. The third kappa shape index (κ3) is 3.70. The summed E-state index contributed by atoms with van der Waals surface area (Å²) in [4.78, 5) is 54.1. The Bertz CT molecular complexity index is 962. The maximum atomic E-state index is 13.1. The number of rotatable bonds is 7. The fourth-order valence-corrected chi connectivity index (χ4v) is 3.65. The van der Waals surface area contributed by atoms with E-state index in [2.05, 4.69) is 5.32 Å². The smallest absolute Gasteiger partial charge is 0.262 e. The van der Waals surface area contributed by atoms with Crippen molar-refractivity contribution < 1.29 is 19.2 Å². The van der Waals surface area contributed by atoms with Crippen molar-refractivity contribution in [1.82, 2.24) is 9.80 Å². The first-order valence-corrected chi connectivity index (χ1v) is 10.1. The van der Waals surface area contributed by atoms with E-state index >= 15 is 0 Å². The first-order valence-electron chi connectivity index (χ1n) is 10.1. The lowest BCUT2D eigenvalue weighted by atomic mass is 10.1. The third-order valence-corrected chi connectivity index (χ3v) is 5.29. The van der Waals surface area contributed by atoms with Gasteiger partial charge in [-0.15, -0.1) is 0 Å². The van der Waals surface area contributed by atoms with Gasteiger partial charge in [0, 0.05) is 13.1 Å². The zero-order valence-corrected chi connectivity index (χ0v) is 17.3. The Kier molecular flexibility index (Phi) is 6.30. The van der Waals surface area contributed by atoms with Gasteiger partial charge in [-0.25, -0.2) is 0 Å². The van der Waals surface area contributed by atoms with E-state index in [9.17, 15) is 19.2 Å². The topological polar surface area (TPSA) is 86.8 Å². The van der Waals surface area contributed by atoms with E-state index in [4.69, 9.17) is 0 Å². The fourth-order valence-electron chi connectivity index (χ4n) is 3.65. The van der Waals surface area contributed by atoms with Crippen LogP contribution in [0.25, 0.3) is 0 Å². The van der Waals surface area contributed by atoms with E-state index in [1.807, 2.05) is 13.8 Å². The number of imide groups is 1. The van der Waals surface area contributed by atoms with Crippen LogP contribution < -0.4 is 5.32 Å². The van der Waals surface area contributed by atoms with Gasteiger partial charge in [-0.2, -0.15) is 0 Å². The van der Waals surface area contributed by atoms with Gasteiger partial charge >= 0.3 is 0 Å². The average molecular weight is 407 g/mol. The minimum absolute atomic E-state index is 0.190. The molecule has 30 heavy (non-hydrogen) atoms. The summed E-state index contributed by atoms with van der Waals surface area (Å²) in [6, 6.07) is 12.3. The lowest BCUT2D eigenvalue weighted by molar-refractivity contribution is -0.120. The number of amides is 4. The number of para-hydroxylation sites is 1. The molecule has 0 aromatic heterocycles. The third-order valence-electron chi connectivity index (χ3n) is 5.29. The molecule has 0 radical (unpaired) electrons. The molecule has 0 aliphatic carbocycles. The highest BCUT2D eigenvalue weighted by Crippen LogP contribution is 2.26. The van der Waals surface area contributed by atoms with Gasteiger partial charge < -0.3 is 10.2 Å². The van der Waals surface area contributed by atoms with Crippen LogP contribution in [0.4, 0.5) is 5.69 Å². The summed E-state index contributed by atoms with van der Waals surface area (Å²) in [6.45, 7) is 6.60. The normalized spacial score (nSPS) is 13.8. The second-order valence-electron chi connectivity index (χ2n) is 6.96. The maximum absolute atomic E-state index is 13.1. The van der Waals surface area contributed by atoms with Crippen molar-refractivity contribution in [2.45, 2.75) is 33.2 Å². The molecular weight excluding hydrogens is 382 g/mol. The Morgan fingerprint density at radius 2 is 1.43 bits per heavy atom. The second kappa shape index (κ2) is 8.90. The lowest BCUT2D eigenvalue weighted by Crippen LogP contribution is -2.47. The molecule has 1 heterocycles. The minimum atomic E-state index is -0.978.